The zero-order chi connectivity index (χ0) is 11.8. The molecule has 0 aliphatic heterocycles. The van der Waals surface area contributed by atoms with Gasteiger partial charge in [0, 0.05) is 5.92 Å². The van der Waals surface area contributed by atoms with Crippen molar-refractivity contribution in [3.8, 4) is 12.3 Å². The van der Waals surface area contributed by atoms with Gasteiger partial charge in [-0.05, 0) is 12.0 Å². The van der Waals surface area contributed by atoms with Crippen LogP contribution in [0.1, 0.15) is 20.8 Å². The molecule has 1 amide bonds. The molecule has 0 fully saturated rings. The van der Waals surface area contributed by atoms with Gasteiger partial charge in [-0.15, -0.1) is 6.42 Å². The minimum absolute atomic E-state index is 0.0402. The van der Waals surface area contributed by atoms with Crippen LogP contribution in [0.2, 0.25) is 0 Å². The monoisotopic (exact) mass is 209 g/mol. The molecule has 0 saturated heterocycles. The van der Waals surface area contributed by atoms with Crippen LogP contribution < -0.4 is 5.32 Å². The van der Waals surface area contributed by atoms with Gasteiger partial charge in [0.1, 0.15) is 0 Å². The summed E-state index contributed by atoms with van der Waals surface area (Å²) in [6.45, 7) is 5.97. The SMILES string of the molecule is C#CCNC(=O)/C=C/[C@@H](C)[C@H](O)C(C)C. The van der Waals surface area contributed by atoms with Crippen LogP contribution in [0.15, 0.2) is 12.2 Å². The number of rotatable bonds is 5. The molecule has 2 N–H and O–H groups in total. The average molecular weight is 209 g/mol. The van der Waals surface area contributed by atoms with Crippen molar-refractivity contribution in [2.75, 3.05) is 6.54 Å². The summed E-state index contributed by atoms with van der Waals surface area (Å²) < 4.78 is 0. The first-order chi connectivity index (χ1) is 6.99. The standard InChI is InChI=1S/C12H19NO2/c1-5-8-13-11(14)7-6-10(4)12(15)9(2)3/h1,6-7,9-10,12,15H,8H2,2-4H3,(H,13,14)/b7-6+/t10-,12-/m1/s1. The summed E-state index contributed by atoms with van der Waals surface area (Å²) in [5.41, 5.74) is 0. The summed E-state index contributed by atoms with van der Waals surface area (Å²) in [7, 11) is 0. The lowest BCUT2D eigenvalue weighted by Crippen LogP contribution is -2.24. The second-order valence-corrected chi connectivity index (χ2v) is 3.87. The molecule has 2 atom stereocenters. The van der Waals surface area contributed by atoms with Gasteiger partial charge < -0.3 is 10.4 Å². The Morgan fingerprint density at radius 3 is 2.60 bits per heavy atom. The van der Waals surface area contributed by atoms with E-state index in [9.17, 15) is 9.90 Å². The predicted molar refractivity (Wildman–Crippen MR) is 61.0 cm³/mol. The van der Waals surface area contributed by atoms with Crippen LogP contribution in [0.25, 0.3) is 0 Å². The van der Waals surface area contributed by atoms with Crippen LogP contribution in [0, 0.1) is 24.2 Å². The lowest BCUT2D eigenvalue weighted by atomic mass is 9.94. The van der Waals surface area contributed by atoms with Crippen LogP contribution >= 0.6 is 0 Å². The second-order valence-electron chi connectivity index (χ2n) is 3.87. The van der Waals surface area contributed by atoms with Crippen molar-refractivity contribution in [1.29, 1.82) is 0 Å². The molecule has 0 unspecified atom stereocenters. The first-order valence-corrected chi connectivity index (χ1v) is 5.06. The number of terminal acetylenes is 1. The number of hydrogen-bond donors (Lipinski definition) is 2. The molecular weight excluding hydrogens is 190 g/mol. The average Bonchev–Trinajstić information content (AvgIpc) is 2.21. The Hall–Kier alpha value is -1.27. The van der Waals surface area contributed by atoms with Gasteiger partial charge in [-0.2, -0.15) is 0 Å². The first-order valence-electron chi connectivity index (χ1n) is 5.06. The third kappa shape index (κ3) is 5.92. The van der Waals surface area contributed by atoms with E-state index in [1.54, 1.807) is 6.08 Å². The summed E-state index contributed by atoms with van der Waals surface area (Å²) in [4.78, 5) is 11.1. The first kappa shape index (κ1) is 13.7. The van der Waals surface area contributed by atoms with Gasteiger partial charge in [-0.25, -0.2) is 0 Å². The Kier molecular flexibility index (Phi) is 6.48. The number of carbonyl (C=O) groups is 1. The molecule has 15 heavy (non-hydrogen) atoms. The van der Waals surface area contributed by atoms with E-state index in [4.69, 9.17) is 6.42 Å². The van der Waals surface area contributed by atoms with Gasteiger partial charge in [0.05, 0.1) is 12.6 Å². The van der Waals surface area contributed by atoms with Gasteiger partial charge >= 0.3 is 0 Å². The largest absolute Gasteiger partial charge is 0.392 e. The normalized spacial score (nSPS) is 14.9. The van der Waals surface area contributed by atoms with Crippen LogP contribution in [0.3, 0.4) is 0 Å². The number of amides is 1. The zero-order valence-electron chi connectivity index (χ0n) is 9.53. The van der Waals surface area contributed by atoms with E-state index in [0.717, 1.165) is 0 Å². The predicted octanol–water partition coefficient (Wildman–Crippen LogP) is 0.945. The van der Waals surface area contributed by atoms with Crippen molar-refractivity contribution in [2.24, 2.45) is 11.8 Å². The maximum absolute atomic E-state index is 11.1. The molecule has 0 saturated carbocycles. The molecular formula is C12H19NO2. The summed E-state index contributed by atoms with van der Waals surface area (Å²) in [6.07, 6.45) is 7.66. The summed E-state index contributed by atoms with van der Waals surface area (Å²) in [5.74, 6) is 2.22. The fraction of sp³-hybridized carbons (Fsp3) is 0.583. The highest BCUT2D eigenvalue weighted by molar-refractivity contribution is 5.87. The van der Waals surface area contributed by atoms with Crippen LogP contribution in [-0.2, 0) is 4.79 Å². The Balaban J connectivity index is 4.05. The molecule has 0 aromatic rings. The molecule has 0 aromatic heterocycles. The number of hydrogen-bond acceptors (Lipinski definition) is 2. The molecule has 3 nitrogen and oxygen atoms in total. The Labute approximate surface area is 91.6 Å². The molecule has 0 spiro atoms. The number of carbonyl (C=O) groups excluding carboxylic acids is 1. The fourth-order valence-corrected chi connectivity index (χ4v) is 1.16. The highest BCUT2D eigenvalue weighted by Crippen LogP contribution is 2.13. The molecule has 0 rings (SSSR count). The summed E-state index contributed by atoms with van der Waals surface area (Å²) >= 11 is 0. The number of aliphatic hydroxyl groups is 1. The number of aliphatic hydroxyl groups excluding tert-OH is 1. The van der Waals surface area contributed by atoms with E-state index >= 15 is 0 Å². The highest BCUT2D eigenvalue weighted by Gasteiger charge is 2.15. The molecule has 0 aromatic carbocycles. The molecule has 0 radical (unpaired) electrons. The van der Waals surface area contributed by atoms with E-state index in [-0.39, 0.29) is 24.3 Å². The van der Waals surface area contributed by atoms with E-state index in [0.29, 0.717) is 0 Å². The van der Waals surface area contributed by atoms with E-state index in [2.05, 4.69) is 11.2 Å². The van der Waals surface area contributed by atoms with Crippen LogP contribution in [-0.4, -0.2) is 23.7 Å². The van der Waals surface area contributed by atoms with Gasteiger partial charge in [0.15, 0.2) is 0 Å². The maximum Gasteiger partial charge on any atom is 0.244 e. The maximum atomic E-state index is 11.1. The molecule has 0 aliphatic rings. The minimum Gasteiger partial charge on any atom is -0.392 e. The van der Waals surface area contributed by atoms with Crippen molar-refractivity contribution in [2.45, 2.75) is 26.9 Å². The van der Waals surface area contributed by atoms with Gasteiger partial charge in [-0.1, -0.05) is 32.8 Å². The smallest absolute Gasteiger partial charge is 0.244 e. The summed E-state index contributed by atoms with van der Waals surface area (Å²) in [6, 6.07) is 0. The Morgan fingerprint density at radius 2 is 2.13 bits per heavy atom. The Bertz CT molecular complexity index is 263. The van der Waals surface area contributed by atoms with Gasteiger partial charge in [-0.3, -0.25) is 4.79 Å². The minimum atomic E-state index is -0.429. The molecule has 3 heteroatoms. The van der Waals surface area contributed by atoms with Crippen molar-refractivity contribution >= 4 is 5.91 Å². The molecule has 0 heterocycles. The van der Waals surface area contributed by atoms with Gasteiger partial charge in [0.2, 0.25) is 5.91 Å². The van der Waals surface area contributed by atoms with Crippen molar-refractivity contribution in [3.05, 3.63) is 12.2 Å². The van der Waals surface area contributed by atoms with Crippen molar-refractivity contribution in [1.82, 2.24) is 5.32 Å². The third-order valence-corrected chi connectivity index (χ3v) is 2.14. The third-order valence-electron chi connectivity index (χ3n) is 2.14. The molecule has 0 aliphatic carbocycles. The van der Waals surface area contributed by atoms with E-state index in [1.165, 1.54) is 6.08 Å². The quantitative estimate of drug-likeness (QED) is 0.523. The van der Waals surface area contributed by atoms with Crippen molar-refractivity contribution < 1.29 is 9.90 Å². The van der Waals surface area contributed by atoms with E-state index in [1.807, 2.05) is 20.8 Å². The fourth-order valence-electron chi connectivity index (χ4n) is 1.16. The summed E-state index contributed by atoms with van der Waals surface area (Å²) in [5, 5.41) is 12.2. The molecule has 0 bridgehead atoms. The van der Waals surface area contributed by atoms with Crippen molar-refractivity contribution in [3.63, 3.8) is 0 Å². The van der Waals surface area contributed by atoms with Crippen LogP contribution in [0.4, 0.5) is 0 Å². The zero-order valence-corrected chi connectivity index (χ0v) is 9.53. The lowest BCUT2D eigenvalue weighted by molar-refractivity contribution is -0.116. The topological polar surface area (TPSA) is 49.3 Å². The highest BCUT2D eigenvalue weighted by atomic mass is 16.3. The van der Waals surface area contributed by atoms with E-state index < -0.39 is 6.10 Å². The second kappa shape index (κ2) is 7.08. The lowest BCUT2D eigenvalue weighted by Gasteiger charge is -2.18. The molecule has 84 valence electrons. The Morgan fingerprint density at radius 1 is 1.53 bits per heavy atom. The van der Waals surface area contributed by atoms with Gasteiger partial charge in [0.25, 0.3) is 0 Å². The van der Waals surface area contributed by atoms with Crippen LogP contribution in [0.5, 0.6) is 0 Å². The number of nitrogens with one attached hydrogen (secondary N) is 1.